The molecule has 0 fully saturated rings. The third-order valence-electron chi connectivity index (χ3n) is 1.51. The first-order valence-electron chi connectivity index (χ1n) is 3.13. The number of H-pyrrole nitrogens is 2. The third-order valence-corrected chi connectivity index (χ3v) is 1.81. The van der Waals surface area contributed by atoms with Crippen molar-refractivity contribution in [2.75, 3.05) is 0 Å². The van der Waals surface area contributed by atoms with Crippen molar-refractivity contribution in [2.24, 2.45) is 0 Å². The highest BCUT2D eigenvalue weighted by Crippen LogP contribution is 2.17. The second kappa shape index (κ2) is 2.13. The van der Waals surface area contributed by atoms with E-state index in [0.29, 0.717) is 10.5 Å². The van der Waals surface area contributed by atoms with Crippen LogP contribution in [0.5, 0.6) is 0 Å². The Balaban J connectivity index is 2.98. The van der Waals surface area contributed by atoms with Gasteiger partial charge in [-0.2, -0.15) is 0 Å². The van der Waals surface area contributed by atoms with Gasteiger partial charge in [0, 0.05) is 12.3 Å². The lowest BCUT2D eigenvalue weighted by atomic mass is 10.4. The van der Waals surface area contributed by atoms with Crippen LogP contribution < -0.4 is 5.56 Å². The number of nitrogens with one attached hydrogen (secondary N) is 2. The standard InChI is InChI=1S/C7H5ClN2O/c8-4-3-9-5-1-2-6(11)10-7(4)5/h1-3,9H,(H,10,11). The van der Waals surface area contributed by atoms with Crippen molar-refractivity contribution in [1.82, 2.24) is 9.97 Å². The van der Waals surface area contributed by atoms with E-state index >= 15 is 0 Å². The SMILES string of the molecule is O=c1ccc2[nH]cc(Cl)c2[nH]1. The van der Waals surface area contributed by atoms with E-state index in [0.717, 1.165) is 5.52 Å². The van der Waals surface area contributed by atoms with Gasteiger partial charge in [0.15, 0.2) is 0 Å². The molecule has 0 atom stereocenters. The Bertz CT molecular complexity index is 443. The van der Waals surface area contributed by atoms with Gasteiger partial charge in [0.25, 0.3) is 0 Å². The van der Waals surface area contributed by atoms with Crippen molar-refractivity contribution in [3.63, 3.8) is 0 Å². The number of halogens is 1. The second-order valence-electron chi connectivity index (χ2n) is 2.25. The van der Waals surface area contributed by atoms with Gasteiger partial charge in [-0.05, 0) is 6.07 Å². The molecule has 11 heavy (non-hydrogen) atoms. The van der Waals surface area contributed by atoms with Crippen LogP contribution in [0, 0.1) is 0 Å². The van der Waals surface area contributed by atoms with Crippen molar-refractivity contribution >= 4 is 22.6 Å². The molecule has 0 bridgehead atoms. The monoisotopic (exact) mass is 168 g/mol. The van der Waals surface area contributed by atoms with Crippen LogP contribution in [0.4, 0.5) is 0 Å². The third kappa shape index (κ3) is 0.935. The van der Waals surface area contributed by atoms with Gasteiger partial charge >= 0.3 is 0 Å². The van der Waals surface area contributed by atoms with Gasteiger partial charge in [-0.3, -0.25) is 4.79 Å². The van der Waals surface area contributed by atoms with Gasteiger partial charge < -0.3 is 9.97 Å². The zero-order valence-corrected chi connectivity index (χ0v) is 6.27. The summed E-state index contributed by atoms with van der Waals surface area (Å²) in [6.45, 7) is 0. The molecule has 0 aliphatic heterocycles. The summed E-state index contributed by atoms with van der Waals surface area (Å²) in [6, 6.07) is 3.15. The number of fused-ring (bicyclic) bond motifs is 1. The molecule has 0 amide bonds. The summed E-state index contributed by atoms with van der Waals surface area (Å²) in [5, 5.41) is 0.540. The summed E-state index contributed by atoms with van der Waals surface area (Å²) < 4.78 is 0. The average molecular weight is 169 g/mol. The van der Waals surface area contributed by atoms with E-state index in [9.17, 15) is 4.79 Å². The van der Waals surface area contributed by atoms with Crippen LogP contribution in [-0.4, -0.2) is 9.97 Å². The molecule has 0 radical (unpaired) electrons. The number of pyridine rings is 1. The normalized spacial score (nSPS) is 10.6. The Kier molecular flexibility index (Phi) is 1.26. The predicted molar refractivity (Wildman–Crippen MR) is 43.9 cm³/mol. The van der Waals surface area contributed by atoms with Gasteiger partial charge in [0.1, 0.15) is 0 Å². The van der Waals surface area contributed by atoms with Crippen LogP contribution in [0.2, 0.25) is 5.02 Å². The largest absolute Gasteiger partial charge is 0.358 e. The van der Waals surface area contributed by atoms with E-state index in [1.54, 1.807) is 12.3 Å². The lowest BCUT2D eigenvalue weighted by Gasteiger charge is -1.86. The number of hydrogen-bond acceptors (Lipinski definition) is 1. The highest BCUT2D eigenvalue weighted by molar-refractivity contribution is 6.35. The van der Waals surface area contributed by atoms with Crippen molar-refractivity contribution in [1.29, 1.82) is 0 Å². The minimum atomic E-state index is -0.140. The number of hydrogen-bond donors (Lipinski definition) is 2. The number of rotatable bonds is 0. The van der Waals surface area contributed by atoms with Crippen LogP contribution in [0.1, 0.15) is 0 Å². The maximum atomic E-state index is 10.8. The molecule has 3 nitrogen and oxygen atoms in total. The lowest BCUT2D eigenvalue weighted by Crippen LogP contribution is -2.01. The van der Waals surface area contributed by atoms with Crippen LogP contribution in [0.15, 0.2) is 23.1 Å². The zero-order chi connectivity index (χ0) is 7.84. The van der Waals surface area contributed by atoms with E-state index < -0.39 is 0 Å². The second-order valence-corrected chi connectivity index (χ2v) is 2.66. The van der Waals surface area contributed by atoms with Gasteiger partial charge in [-0.15, -0.1) is 0 Å². The molecule has 0 spiro atoms. The number of aromatic nitrogens is 2. The summed E-state index contributed by atoms with van der Waals surface area (Å²) in [4.78, 5) is 16.3. The Morgan fingerprint density at radius 1 is 1.36 bits per heavy atom. The van der Waals surface area contributed by atoms with E-state index in [4.69, 9.17) is 11.6 Å². The van der Waals surface area contributed by atoms with Crippen LogP contribution in [0.25, 0.3) is 11.0 Å². The minimum absolute atomic E-state index is 0.140. The molecule has 56 valence electrons. The molecule has 0 aromatic carbocycles. The first kappa shape index (κ1) is 6.49. The van der Waals surface area contributed by atoms with Gasteiger partial charge in [-0.1, -0.05) is 11.6 Å². The van der Waals surface area contributed by atoms with E-state index in [-0.39, 0.29) is 5.56 Å². The Morgan fingerprint density at radius 3 is 3.00 bits per heavy atom. The molecule has 4 heteroatoms. The summed E-state index contributed by atoms with van der Waals surface area (Å²) in [5.74, 6) is 0. The van der Waals surface area contributed by atoms with Crippen molar-refractivity contribution in [3.05, 3.63) is 33.7 Å². The molecule has 0 saturated carbocycles. The summed E-state index contributed by atoms with van der Waals surface area (Å²) >= 11 is 5.74. The van der Waals surface area contributed by atoms with Crippen LogP contribution in [0.3, 0.4) is 0 Å². The molecular formula is C7H5ClN2O. The van der Waals surface area contributed by atoms with Crippen molar-refractivity contribution < 1.29 is 0 Å². The molecular weight excluding hydrogens is 164 g/mol. The minimum Gasteiger partial charge on any atom is -0.358 e. The first-order chi connectivity index (χ1) is 5.27. The quantitative estimate of drug-likeness (QED) is 0.616. The molecule has 0 aliphatic rings. The Labute approximate surface area is 67.0 Å². The average Bonchev–Trinajstić information content (AvgIpc) is 2.33. The lowest BCUT2D eigenvalue weighted by molar-refractivity contribution is 1.31. The van der Waals surface area contributed by atoms with Crippen molar-refractivity contribution in [2.45, 2.75) is 0 Å². The first-order valence-corrected chi connectivity index (χ1v) is 3.51. The van der Waals surface area contributed by atoms with E-state index in [1.807, 2.05) is 0 Å². The Hall–Kier alpha value is -1.22. The molecule has 0 saturated heterocycles. The summed E-state index contributed by atoms with van der Waals surface area (Å²) in [5.41, 5.74) is 1.37. The molecule has 2 N–H and O–H groups in total. The van der Waals surface area contributed by atoms with Gasteiger partial charge in [0.2, 0.25) is 5.56 Å². The molecule has 0 aliphatic carbocycles. The highest BCUT2D eigenvalue weighted by atomic mass is 35.5. The number of aromatic amines is 2. The fraction of sp³-hybridized carbons (Fsp3) is 0. The topological polar surface area (TPSA) is 48.6 Å². The zero-order valence-electron chi connectivity index (χ0n) is 5.52. The highest BCUT2D eigenvalue weighted by Gasteiger charge is 1.99. The molecule has 2 aromatic heterocycles. The van der Waals surface area contributed by atoms with E-state index in [1.165, 1.54) is 6.07 Å². The summed E-state index contributed by atoms with van der Waals surface area (Å²) in [7, 11) is 0. The Morgan fingerprint density at radius 2 is 2.18 bits per heavy atom. The fourth-order valence-corrected chi connectivity index (χ4v) is 1.20. The molecule has 2 rings (SSSR count). The van der Waals surface area contributed by atoms with Crippen LogP contribution >= 0.6 is 11.6 Å². The maximum Gasteiger partial charge on any atom is 0.248 e. The van der Waals surface area contributed by atoms with Crippen molar-refractivity contribution in [3.8, 4) is 0 Å². The van der Waals surface area contributed by atoms with Gasteiger partial charge in [0.05, 0.1) is 16.1 Å². The molecule has 2 heterocycles. The fourth-order valence-electron chi connectivity index (χ4n) is 0.996. The smallest absolute Gasteiger partial charge is 0.248 e. The predicted octanol–water partition coefficient (Wildman–Crippen LogP) is 1.51. The molecule has 2 aromatic rings. The van der Waals surface area contributed by atoms with Gasteiger partial charge in [-0.25, -0.2) is 0 Å². The van der Waals surface area contributed by atoms with E-state index in [2.05, 4.69) is 9.97 Å². The maximum absolute atomic E-state index is 10.8. The van der Waals surface area contributed by atoms with Crippen LogP contribution in [-0.2, 0) is 0 Å². The molecule has 0 unspecified atom stereocenters. The summed E-state index contributed by atoms with van der Waals surface area (Å²) in [6.07, 6.45) is 1.64.